The number of anilines is 2. The summed E-state index contributed by atoms with van der Waals surface area (Å²) >= 11 is 0. The number of rotatable bonds is 6. The molecule has 3 rings (SSSR count). The zero-order valence-electron chi connectivity index (χ0n) is 14.5. The van der Waals surface area contributed by atoms with Crippen molar-refractivity contribution < 1.29 is 13.6 Å². The molecule has 0 unspecified atom stereocenters. The predicted molar refractivity (Wildman–Crippen MR) is 96.4 cm³/mol. The number of benzene rings is 1. The molecule has 6 nitrogen and oxygen atoms in total. The first kappa shape index (κ1) is 17.6. The van der Waals surface area contributed by atoms with Crippen LogP contribution < -0.4 is 11.1 Å². The smallest absolute Gasteiger partial charge is 0.191 e. The Morgan fingerprint density at radius 1 is 1.31 bits per heavy atom. The van der Waals surface area contributed by atoms with Gasteiger partial charge in [-0.25, -0.2) is 14.4 Å². The van der Waals surface area contributed by atoms with Crippen LogP contribution in [-0.4, -0.2) is 15.8 Å². The molecule has 1 aromatic carbocycles. The van der Waals surface area contributed by atoms with Crippen LogP contribution in [0.5, 0.6) is 0 Å². The van der Waals surface area contributed by atoms with Gasteiger partial charge >= 0.3 is 0 Å². The van der Waals surface area contributed by atoms with Crippen molar-refractivity contribution in [2.45, 2.75) is 26.8 Å². The Bertz CT molecular complexity index is 952. The van der Waals surface area contributed by atoms with Gasteiger partial charge in [0, 0.05) is 31.6 Å². The summed E-state index contributed by atoms with van der Waals surface area (Å²) in [5.41, 5.74) is 7.85. The number of hydrogen-bond donors (Lipinski definition) is 2. The highest BCUT2D eigenvalue weighted by Gasteiger charge is 2.16. The van der Waals surface area contributed by atoms with E-state index in [-0.39, 0.29) is 24.6 Å². The third-order valence-electron chi connectivity index (χ3n) is 3.95. The molecule has 0 bridgehead atoms. The second-order valence-corrected chi connectivity index (χ2v) is 5.95. The monoisotopic (exact) mass is 354 g/mol. The van der Waals surface area contributed by atoms with Crippen LogP contribution in [0.15, 0.2) is 40.9 Å². The van der Waals surface area contributed by atoms with Crippen LogP contribution in [0.25, 0.3) is 0 Å². The maximum atomic E-state index is 14.1. The minimum absolute atomic E-state index is 0.120. The lowest BCUT2D eigenvalue weighted by atomic mass is 10.0. The number of nitrogen functional groups attached to an aromatic ring is 1. The second kappa shape index (κ2) is 7.35. The standard InChI is InChI=1S/C19H19FN4O2/c1-11-18(24-12(2)26-11)17(25)9-13-5-6-15(20)14(8-13)10-23-16-4-3-7-22-19(16)21/h3-8,23H,9-10H2,1-2H3,(H2,21,22). The van der Waals surface area contributed by atoms with Crippen LogP contribution in [-0.2, 0) is 13.0 Å². The van der Waals surface area contributed by atoms with Crippen LogP contribution in [0.1, 0.15) is 33.3 Å². The molecule has 134 valence electrons. The zero-order valence-corrected chi connectivity index (χ0v) is 14.5. The Morgan fingerprint density at radius 2 is 2.12 bits per heavy atom. The molecule has 7 heteroatoms. The highest BCUT2D eigenvalue weighted by molar-refractivity contribution is 5.96. The fourth-order valence-corrected chi connectivity index (χ4v) is 2.69. The number of ketones is 1. The van der Waals surface area contributed by atoms with Gasteiger partial charge in [-0.15, -0.1) is 0 Å². The van der Waals surface area contributed by atoms with Crippen molar-refractivity contribution >= 4 is 17.3 Å². The van der Waals surface area contributed by atoms with E-state index in [1.807, 2.05) is 0 Å². The number of nitrogens with two attached hydrogens (primary N) is 1. The Balaban J connectivity index is 1.74. The van der Waals surface area contributed by atoms with Gasteiger partial charge in [-0.3, -0.25) is 4.79 Å². The van der Waals surface area contributed by atoms with Crippen molar-refractivity contribution in [2.24, 2.45) is 0 Å². The number of hydrogen-bond acceptors (Lipinski definition) is 6. The van der Waals surface area contributed by atoms with Gasteiger partial charge in [0.1, 0.15) is 23.1 Å². The van der Waals surface area contributed by atoms with E-state index in [1.54, 1.807) is 44.3 Å². The lowest BCUT2D eigenvalue weighted by molar-refractivity contribution is 0.0987. The molecule has 0 saturated carbocycles. The second-order valence-electron chi connectivity index (χ2n) is 5.95. The van der Waals surface area contributed by atoms with Crippen LogP contribution in [0.3, 0.4) is 0 Å². The summed E-state index contributed by atoms with van der Waals surface area (Å²) in [6.07, 6.45) is 1.70. The first-order valence-corrected chi connectivity index (χ1v) is 8.13. The van der Waals surface area contributed by atoms with Gasteiger partial charge in [0.25, 0.3) is 0 Å². The molecule has 0 spiro atoms. The van der Waals surface area contributed by atoms with E-state index < -0.39 is 0 Å². The van der Waals surface area contributed by atoms with Gasteiger partial charge in [-0.1, -0.05) is 12.1 Å². The van der Waals surface area contributed by atoms with E-state index in [9.17, 15) is 9.18 Å². The molecular formula is C19H19FN4O2. The molecule has 0 aliphatic carbocycles. The summed E-state index contributed by atoms with van der Waals surface area (Å²) in [5, 5.41) is 3.05. The molecule has 0 atom stereocenters. The van der Waals surface area contributed by atoms with Gasteiger partial charge in [0.15, 0.2) is 11.7 Å². The first-order valence-electron chi connectivity index (χ1n) is 8.13. The maximum absolute atomic E-state index is 14.1. The normalized spacial score (nSPS) is 10.7. The predicted octanol–water partition coefficient (Wildman–Crippen LogP) is 3.45. The quantitative estimate of drug-likeness (QED) is 0.659. The minimum Gasteiger partial charge on any atom is -0.446 e. The zero-order chi connectivity index (χ0) is 18.7. The van der Waals surface area contributed by atoms with Gasteiger partial charge in [-0.2, -0.15) is 0 Å². The maximum Gasteiger partial charge on any atom is 0.191 e. The molecule has 0 saturated heterocycles. The summed E-state index contributed by atoms with van der Waals surface area (Å²) in [5.74, 6) is 0.759. The summed E-state index contributed by atoms with van der Waals surface area (Å²) in [7, 11) is 0. The molecule has 0 aliphatic rings. The number of nitrogens with one attached hydrogen (secondary N) is 1. The lowest BCUT2D eigenvalue weighted by Crippen LogP contribution is -2.08. The van der Waals surface area contributed by atoms with E-state index >= 15 is 0 Å². The fraction of sp³-hybridized carbons (Fsp3) is 0.211. The van der Waals surface area contributed by atoms with Crippen LogP contribution in [0.2, 0.25) is 0 Å². The minimum atomic E-state index is -0.357. The van der Waals surface area contributed by atoms with Crippen LogP contribution >= 0.6 is 0 Å². The average Bonchev–Trinajstić information content (AvgIpc) is 2.95. The SMILES string of the molecule is Cc1nc(C(=O)Cc2ccc(F)c(CNc3cccnc3N)c2)c(C)o1. The van der Waals surface area contributed by atoms with E-state index in [2.05, 4.69) is 15.3 Å². The summed E-state index contributed by atoms with van der Waals surface area (Å²) < 4.78 is 19.4. The van der Waals surface area contributed by atoms with E-state index in [0.717, 1.165) is 0 Å². The number of Topliss-reactive ketones (excluding diaryl/α,β-unsaturated/α-hetero) is 1. The lowest BCUT2D eigenvalue weighted by Gasteiger charge is -2.10. The van der Waals surface area contributed by atoms with Crippen molar-refractivity contribution in [2.75, 3.05) is 11.1 Å². The molecule has 2 heterocycles. The summed E-state index contributed by atoms with van der Waals surface area (Å²) in [4.78, 5) is 20.5. The molecule has 3 aromatic rings. The van der Waals surface area contributed by atoms with Crippen molar-refractivity contribution in [3.63, 3.8) is 0 Å². The Morgan fingerprint density at radius 3 is 2.81 bits per heavy atom. The van der Waals surface area contributed by atoms with Gasteiger partial charge in [0.05, 0.1) is 5.69 Å². The Kier molecular flexibility index (Phi) is 4.97. The number of carbonyl (C=O) groups excluding carboxylic acids is 1. The average molecular weight is 354 g/mol. The number of nitrogens with zero attached hydrogens (tertiary/aromatic N) is 2. The van der Waals surface area contributed by atoms with Gasteiger partial charge < -0.3 is 15.5 Å². The molecule has 3 N–H and O–H groups in total. The number of aromatic nitrogens is 2. The topological polar surface area (TPSA) is 94.0 Å². The van der Waals surface area contributed by atoms with Gasteiger partial charge in [-0.05, 0) is 30.7 Å². The molecule has 0 radical (unpaired) electrons. The first-order chi connectivity index (χ1) is 12.4. The molecule has 26 heavy (non-hydrogen) atoms. The van der Waals surface area contributed by atoms with E-state index in [4.69, 9.17) is 10.2 Å². The number of aryl methyl sites for hydroxylation is 2. The number of oxazole rings is 1. The molecule has 0 amide bonds. The molecule has 0 aliphatic heterocycles. The summed E-state index contributed by atoms with van der Waals surface area (Å²) in [6.45, 7) is 3.62. The molecular weight excluding hydrogens is 335 g/mol. The largest absolute Gasteiger partial charge is 0.446 e. The van der Waals surface area contributed by atoms with Gasteiger partial charge in [0.2, 0.25) is 0 Å². The highest BCUT2D eigenvalue weighted by Crippen LogP contribution is 2.19. The fourth-order valence-electron chi connectivity index (χ4n) is 2.69. The number of carbonyl (C=O) groups is 1. The Hall–Kier alpha value is -3.22. The van der Waals surface area contributed by atoms with Crippen LogP contribution in [0.4, 0.5) is 15.9 Å². The third-order valence-corrected chi connectivity index (χ3v) is 3.95. The van der Waals surface area contributed by atoms with Crippen LogP contribution in [0, 0.1) is 19.7 Å². The van der Waals surface area contributed by atoms with Crippen molar-refractivity contribution in [1.82, 2.24) is 9.97 Å². The highest BCUT2D eigenvalue weighted by atomic mass is 19.1. The Labute approximate surface area is 150 Å². The molecule has 2 aromatic heterocycles. The van der Waals surface area contributed by atoms with E-state index in [0.29, 0.717) is 40.0 Å². The number of halogens is 1. The molecule has 0 fully saturated rings. The third kappa shape index (κ3) is 3.88. The number of pyridine rings is 1. The van der Waals surface area contributed by atoms with Crippen molar-refractivity contribution in [3.8, 4) is 0 Å². The van der Waals surface area contributed by atoms with Crippen molar-refractivity contribution in [3.05, 3.63) is 70.8 Å². The summed E-state index contributed by atoms with van der Waals surface area (Å²) in [6, 6.07) is 8.12. The van der Waals surface area contributed by atoms with Crippen molar-refractivity contribution in [1.29, 1.82) is 0 Å². The van der Waals surface area contributed by atoms with E-state index in [1.165, 1.54) is 6.07 Å².